The van der Waals surface area contributed by atoms with Crippen LogP contribution in [0.5, 0.6) is 0 Å². The van der Waals surface area contributed by atoms with E-state index in [9.17, 15) is 4.79 Å². The maximum absolute atomic E-state index is 12.8. The molecule has 1 unspecified atom stereocenters. The molecule has 6 heteroatoms. The van der Waals surface area contributed by atoms with Gasteiger partial charge in [-0.1, -0.05) is 42.7 Å². The first-order chi connectivity index (χ1) is 15.2. The number of nitrogens with zero attached hydrogens (tertiary/aromatic N) is 4. The topological polar surface area (TPSA) is 61.4 Å². The average molecular weight is 422 g/mol. The molecule has 2 aliphatic heterocycles. The highest BCUT2D eigenvalue weighted by Gasteiger charge is 2.26. The normalized spacial score (nSPS) is 20.3. The average Bonchev–Trinajstić information content (AvgIpc) is 3.09. The van der Waals surface area contributed by atoms with Crippen LogP contribution in [0.4, 0.5) is 5.82 Å². The van der Waals surface area contributed by atoms with E-state index in [4.69, 9.17) is 0 Å². The van der Waals surface area contributed by atoms with Gasteiger partial charge in [0.25, 0.3) is 0 Å². The largest absolute Gasteiger partial charge is 0.355 e. The lowest BCUT2D eigenvalue weighted by atomic mass is 9.97. The molecule has 0 bridgehead atoms. The zero-order chi connectivity index (χ0) is 21.5. The van der Waals surface area contributed by atoms with E-state index >= 15 is 0 Å². The summed E-state index contributed by atoms with van der Waals surface area (Å²) in [4.78, 5) is 17.5. The fourth-order valence-corrected chi connectivity index (χ4v) is 4.61. The Bertz CT molecular complexity index is 828. The van der Waals surface area contributed by atoms with Gasteiger partial charge in [0.1, 0.15) is 0 Å². The van der Waals surface area contributed by atoms with Crippen molar-refractivity contribution in [3.63, 3.8) is 0 Å². The Kier molecular flexibility index (Phi) is 7.52. The number of amides is 1. The number of carbonyl (C=O) groups excluding carboxylic acids is 1. The van der Waals surface area contributed by atoms with Crippen molar-refractivity contribution in [1.29, 1.82) is 0 Å². The van der Waals surface area contributed by atoms with Crippen LogP contribution in [0.1, 0.15) is 44.1 Å². The molecule has 2 aliphatic rings. The zero-order valence-corrected chi connectivity index (χ0v) is 18.7. The van der Waals surface area contributed by atoms with Gasteiger partial charge in [-0.05, 0) is 57.8 Å². The van der Waals surface area contributed by atoms with Crippen molar-refractivity contribution < 1.29 is 4.79 Å². The van der Waals surface area contributed by atoms with Crippen LogP contribution in [0.2, 0.25) is 0 Å². The molecule has 166 valence electrons. The minimum absolute atomic E-state index is 0.0245. The van der Waals surface area contributed by atoms with Crippen LogP contribution in [0.25, 0.3) is 11.3 Å². The molecule has 1 N–H and O–H groups in total. The van der Waals surface area contributed by atoms with Crippen molar-refractivity contribution in [1.82, 2.24) is 20.4 Å². The van der Waals surface area contributed by atoms with Crippen molar-refractivity contribution in [2.75, 3.05) is 44.2 Å². The van der Waals surface area contributed by atoms with Gasteiger partial charge >= 0.3 is 0 Å². The summed E-state index contributed by atoms with van der Waals surface area (Å²) in [7, 11) is 0. The minimum Gasteiger partial charge on any atom is -0.355 e. The Hall–Kier alpha value is -2.47. The number of anilines is 1. The molecule has 31 heavy (non-hydrogen) atoms. The Morgan fingerprint density at radius 2 is 1.74 bits per heavy atom. The summed E-state index contributed by atoms with van der Waals surface area (Å²) in [5.41, 5.74) is 3.19. The molecule has 2 saturated heterocycles. The van der Waals surface area contributed by atoms with Crippen molar-refractivity contribution in [3.8, 4) is 11.3 Å². The molecule has 1 atom stereocenters. The van der Waals surface area contributed by atoms with Gasteiger partial charge < -0.3 is 15.1 Å². The molecule has 4 rings (SSSR count). The van der Waals surface area contributed by atoms with Crippen LogP contribution < -0.4 is 10.2 Å². The SMILES string of the molecule is Cc1ccc(-c2ccc(N3CCCC(C(=O)NCCN4CCCCCC4)C3)nn2)cc1. The van der Waals surface area contributed by atoms with Gasteiger partial charge in [-0.15, -0.1) is 10.2 Å². The maximum Gasteiger partial charge on any atom is 0.224 e. The van der Waals surface area contributed by atoms with Crippen LogP contribution in [-0.2, 0) is 4.79 Å². The molecule has 3 heterocycles. The Balaban J connectivity index is 1.28. The summed E-state index contributed by atoms with van der Waals surface area (Å²) in [5, 5.41) is 12.1. The Morgan fingerprint density at radius 1 is 0.968 bits per heavy atom. The monoisotopic (exact) mass is 421 g/mol. The highest BCUT2D eigenvalue weighted by Crippen LogP contribution is 2.23. The van der Waals surface area contributed by atoms with E-state index in [0.717, 1.165) is 49.6 Å². The number of likely N-dealkylation sites (tertiary alicyclic amines) is 1. The number of benzene rings is 1. The maximum atomic E-state index is 12.8. The van der Waals surface area contributed by atoms with Gasteiger partial charge in [0.2, 0.25) is 5.91 Å². The Morgan fingerprint density at radius 3 is 2.45 bits per heavy atom. The zero-order valence-electron chi connectivity index (χ0n) is 18.7. The molecule has 0 saturated carbocycles. The summed E-state index contributed by atoms with van der Waals surface area (Å²) in [6.07, 6.45) is 7.21. The molecule has 2 aromatic rings. The molecule has 0 spiro atoms. The molecule has 2 fully saturated rings. The van der Waals surface area contributed by atoms with Gasteiger partial charge in [-0.2, -0.15) is 0 Å². The standard InChI is InChI=1S/C25H35N5O/c1-20-8-10-21(11-9-20)23-12-13-24(28-27-23)30-17-6-7-22(19-30)25(31)26-14-18-29-15-4-2-3-5-16-29/h8-13,22H,2-7,14-19H2,1H3,(H,26,31). The first-order valence-corrected chi connectivity index (χ1v) is 11.8. The van der Waals surface area contributed by atoms with Gasteiger partial charge in [0, 0.05) is 31.7 Å². The van der Waals surface area contributed by atoms with Gasteiger partial charge in [-0.25, -0.2) is 0 Å². The number of aromatic nitrogens is 2. The quantitative estimate of drug-likeness (QED) is 0.771. The number of carbonyl (C=O) groups is 1. The van der Waals surface area contributed by atoms with Gasteiger partial charge in [0.05, 0.1) is 11.6 Å². The first kappa shape index (κ1) is 21.8. The molecular formula is C25H35N5O. The van der Waals surface area contributed by atoms with Crippen molar-refractivity contribution in [2.24, 2.45) is 5.92 Å². The molecule has 1 amide bonds. The van der Waals surface area contributed by atoms with Crippen molar-refractivity contribution in [2.45, 2.75) is 45.4 Å². The number of piperidine rings is 1. The number of hydrogen-bond donors (Lipinski definition) is 1. The summed E-state index contributed by atoms with van der Waals surface area (Å²) in [6, 6.07) is 12.4. The second-order valence-electron chi connectivity index (χ2n) is 8.97. The number of aryl methyl sites for hydroxylation is 1. The van der Waals surface area contributed by atoms with Crippen molar-refractivity contribution in [3.05, 3.63) is 42.0 Å². The number of nitrogens with one attached hydrogen (secondary N) is 1. The third-order valence-corrected chi connectivity index (χ3v) is 6.54. The third-order valence-electron chi connectivity index (χ3n) is 6.54. The van der Waals surface area contributed by atoms with Crippen LogP contribution in [-0.4, -0.2) is 60.3 Å². The van der Waals surface area contributed by atoms with Crippen LogP contribution in [0.3, 0.4) is 0 Å². The first-order valence-electron chi connectivity index (χ1n) is 11.8. The fraction of sp³-hybridized carbons (Fsp3) is 0.560. The lowest BCUT2D eigenvalue weighted by Gasteiger charge is -2.32. The summed E-state index contributed by atoms with van der Waals surface area (Å²) < 4.78 is 0. The van der Waals surface area contributed by atoms with Crippen LogP contribution >= 0.6 is 0 Å². The van der Waals surface area contributed by atoms with Gasteiger partial charge in [0.15, 0.2) is 5.82 Å². The molecule has 0 aliphatic carbocycles. The fourth-order valence-electron chi connectivity index (χ4n) is 4.61. The van der Waals surface area contributed by atoms with E-state index in [1.807, 2.05) is 12.1 Å². The minimum atomic E-state index is 0.0245. The van der Waals surface area contributed by atoms with E-state index in [2.05, 4.69) is 56.5 Å². The van der Waals surface area contributed by atoms with Crippen LogP contribution in [0.15, 0.2) is 36.4 Å². The number of hydrogen-bond acceptors (Lipinski definition) is 5. The lowest BCUT2D eigenvalue weighted by Crippen LogP contribution is -2.45. The molecule has 1 aromatic heterocycles. The predicted molar refractivity (Wildman–Crippen MR) is 125 cm³/mol. The highest BCUT2D eigenvalue weighted by atomic mass is 16.1. The molecule has 1 aromatic carbocycles. The second-order valence-corrected chi connectivity index (χ2v) is 8.97. The van der Waals surface area contributed by atoms with E-state index in [1.54, 1.807) is 0 Å². The third kappa shape index (κ3) is 6.03. The second kappa shape index (κ2) is 10.7. The molecular weight excluding hydrogens is 386 g/mol. The van der Waals surface area contributed by atoms with Gasteiger partial charge in [-0.3, -0.25) is 4.79 Å². The summed E-state index contributed by atoms with van der Waals surface area (Å²) in [6.45, 7) is 7.78. The summed E-state index contributed by atoms with van der Waals surface area (Å²) in [5.74, 6) is 1.07. The van der Waals surface area contributed by atoms with Crippen molar-refractivity contribution >= 4 is 11.7 Å². The Labute approximate surface area is 186 Å². The number of rotatable bonds is 6. The molecule has 6 nitrogen and oxygen atoms in total. The summed E-state index contributed by atoms with van der Waals surface area (Å²) >= 11 is 0. The smallest absolute Gasteiger partial charge is 0.224 e. The highest BCUT2D eigenvalue weighted by molar-refractivity contribution is 5.79. The van der Waals surface area contributed by atoms with E-state index < -0.39 is 0 Å². The van der Waals surface area contributed by atoms with E-state index in [-0.39, 0.29) is 11.8 Å². The van der Waals surface area contributed by atoms with E-state index in [0.29, 0.717) is 6.54 Å². The lowest BCUT2D eigenvalue weighted by molar-refractivity contribution is -0.125. The van der Waals surface area contributed by atoms with E-state index in [1.165, 1.54) is 44.3 Å². The van der Waals surface area contributed by atoms with Crippen LogP contribution in [0, 0.1) is 12.8 Å². The predicted octanol–water partition coefficient (Wildman–Crippen LogP) is 3.66. The molecule has 0 radical (unpaired) electrons.